The van der Waals surface area contributed by atoms with E-state index < -0.39 is 53.6 Å². The summed E-state index contributed by atoms with van der Waals surface area (Å²) in [6, 6.07) is 8.32. The molecule has 9 amide bonds. The number of carbonyl (C=O) groups is 8. The Hall–Kier alpha value is -4.84. The Labute approximate surface area is 557 Å². The van der Waals surface area contributed by atoms with Gasteiger partial charge in [0, 0.05) is 50.6 Å². The molecule has 4 aliphatic heterocycles. The summed E-state index contributed by atoms with van der Waals surface area (Å²) in [4.78, 5) is 96.4. The SMILES string of the molecule is CC(C)C[C@@H](CO)N=CB=O.CC(C)C[C@@H](COC1CC(=O)N1)NC(=O)OC(C)(C)C.CC(C)C[C@@H](COC1CC(=O)N1)NC(=O)OC(C)(C)C.CC(C)C[C@@H](COC1CC(=O)N1C(=O)NCc1ccccc1)NC(=O)OC(C)(C)C.O=C1CC(O)N1.[Ac]. The molecule has 0 aromatic heterocycles. The van der Waals surface area contributed by atoms with Gasteiger partial charge < -0.3 is 70.7 Å². The Morgan fingerprint density at radius 1 is 0.614 bits per heavy atom. The Morgan fingerprint density at radius 3 is 1.26 bits per heavy atom. The molecule has 497 valence electrons. The van der Waals surface area contributed by atoms with Crippen LogP contribution in [0.15, 0.2) is 35.3 Å². The molecule has 1 aromatic carbocycles. The van der Waals surface area contributed by atoms with Gasteiger partial charge in [0.2, 0.25) is 23.6 Å². The number of hydrogen-bond donors (Lipinski definition) is 9. The van der Waals surface area contributed by atoms with Gasteiger partial charge in [0.1, 0.15) is 41.7 Å². The van der Waals surface area contributed by atoms with Crippen molar-refractivity contribution in [1.82, 2.24) is 42.1 Å². The Morgan fingerprint density at radius 2 is 0.977 bits per heavy atom. The fourth-order valence-corrected chi connectivity index (χ4v) is 8.03. The van der Waals surface area contributed by atoms with Gasteiger partial charge in [-0.25, -0.2) is 24.1 Å². The number of aliphatic hydroxyl groups is 2. The van der Waals surface area contributed by atoms with Crippen LogP contribution in [0.3, 0.4) is 0 Å². The molecule has 0 aliphatic carbocycles. The average Bonchev–Trinajstić information content (AvgIpc) is 1.22. The van der Waals surface area contributed by atoms with Gasteiger partial charge in [-0.05, 0) is 105 Å². The van der Waals surface area contributed by atoms with Gasteiger partial charge in [-0.1, -0.05) is 71.9 Å². The number of aliphatic imine (C=N–C) groups is 1. The Bertz CT molecular complexity index is 2220. The van der Waals surface area contributed by atoms with Crippen molar-refractivity contribution in [2.45, 2.75) is 241 Å². The van der Waals surface area contributed by atoms with Crippen molar-refractivity contribution in [1.29, 1.82) is 0 Å². The number of urea groups is 1. The van der Waals surface area contributed by atoms with Crippen LogP contribution < -0.4 is 37.2 Å². The van der Waals surface area contributed by atoms with Crippen molar-refractivity contribution in [2.75, 3.05) is 26.4 Å². The first-order chi connectivity index (χ1) is 40.3. The van der Waals surface area contributed by atoms with Gasteiger partial charge in [-0.2, -0.15) is 0 Å². The van der Waals surface area contributed by atoms with E-state index in [0.29, 0.717) is 69.8 Å². The minimum Gasteiger partial charge on any atom is -0.444 e. The van der Waals surface area contributed by atoms with E-state index in [-0.39, 0.29) is 130 Å². The number of nitrogens with one attached hydrogen (secondary N) is 7. The van der Waals surface area contributed by atoms with Crippen LogP contribution >= 0.6 is 0 Å². The van der Waals surface area contributed by atoms with Crippen molar-refractivity contribution in [3.8, 4) is 0 Å². The molecule has 0 bridgehead atoms. The smallest absolute Gasteiger partial charge is 0.407 e. The molecule has 4 saturated heterocycles. The molecular formula is C60H104AcBN9O17. The fourth-order valence-electron chi connectivity index (χ4n) is 8.03. The molecule has 1 aromatic rings. The number of benzene rings is 1. The summed E-state index contributed by atoms with van der Waals surface area (Å²) < 4.78 is 42.6. The van der Waals surface area contributed by atoms with Crippen LogP contribution in [0.25, 0.3) is 0 Å². The molecular weight excluding hydrogens is 1360 g/mol. The second kappa shape index (κ2) is 42.3. The zero-order valence-corrected chi connectivity index (χ0v) is 59.9. The number of imide groups is 1. The third-order valence-corrected chi connectivity index (χ3v) is 11.7. The van der Waals surface area contributed by atoms with Crippen LogP contribution in [0.2, 0.25) is 0 Å². The number of nitrogens with zero attached hydrogens (tertiary/aromatic N) is 2. The number of rotatable bonds is 25. The molecule has 88 heavy (non-hydrogen) atoms. The third kappa shape index (κ3) is 41.5. The van der Waals surface area contributed by atoms with E-state index in [0.717, 1.165) is 29.7 Å². The molecule has 8 atom stereocenters. The number of hydrogen-bond acceptors (Lipinski definition) is 18. The van der Waals surface area contributed by atoms with Gasteiger partial charge in [0.25, 0.3) is 0 Å². The molecule has 4 unspecified atom stereocenters. The molecule has 1 radical (unpaired) electrons. The number of alkyl carbamates (subject to hydrolysis) is 3. The third-order valence-electron chi connectivity index (χ3n) is 11.7. The van der Waals surface area contributed by atoms with Gasteiger partial charge in [0.15, 0.2) is 0 Å². The summed E-state index contributed by atoms with van der Waals surface area (Å²) in [6.45, 7) is 34.1. The van der Waals surface area contributed by atoms with Crippen molar-refractivity contribution >= 4 is 61.2 Å². The second-order valence-electron chi connectivity index (χ2n) is 26.2. The number of carbonyl (C=O) groups excluding carboxylic acids is 8. The number of ether oxygens (including phenoxy) is 6. The molecule has 28 heteroatoms. The number of likely N-dealkylation sites (tertiary alicyclic amines) is 1. The van der Waals surface area contributed by atoms with Crippen molar-refractivity contribution < 1.29 is 126 Å². The maximum absolute atomic E-state index is 12.4. The normalized spacial score (nSPS) is 18.9. The van der Waals surface area contributed by atoms with Gasteiger partial charge in [0.05, 0.1) is 63.6 Å². The number of β-lactam (4-membered cyclic amide) rings is 4. The van der Waals surface area contributed by atoms with Crippen LogP contribution in [0, 0.1) is 67.7 Å². The maximum Gasteiger partial charge on any atom is 0.407 e. The Kier molecular flexibility index (Phi) is 39.9. The minimum atomic E-state index is -0.636. The first-order valence-corrected chi connectivity index (χ1v) is 30.0. The summed E-state index contributed by atoms with van der Waals surface area (Å²) >= 11 is 0. The first kappa shape index (κ1) is 83.2. The molecule has 0 spiro atoms. The quantitative estimate of drug-likeness (QED) is 0.0225. The summed E-state index contributed by atoms with van der Waals surface area (Å²) in [5.74, 6) is 1.31. The molecule has 0 saturated carbocycles. The molecule has 26 nitrogen and oxygen atoms in total. The van der Waals surface area contributed by atoms with Crippen LogP contribution in [-0.2, 0) is 58.8 Å². The second-order valence-corrected chi connectivity index (χ2v) is 26.2. The van der Waals surface area contributed by atoms with Crippen LogP contribution in [0.4, 0.5) is 19.2 Å². The van der Waals surface area contributed by atoms with Gasteiger partial charge in [-0.15, -0.1) is 0 Å². The molecule has 9 N–H and O–H groups in total. The minimum absolute atomic E-state index is 0. The van der Waals surface area contributed by atoms with Crippen LogP contribution in [0.5, 0.6) is 0 Å². The molecule has 5 rings (SSSR count). The summed E-state index contributed by atoms with van der Waals surface area (Å²) in [5.41, 5.74) is -0.693. The summed E-state index contributed by atoms with van der Waals surface area (Å²) in [7, 11) is 0.628. The zero-order valence-electron chi connectivity index (χ0n) is 55.2. The maximum atomic E-state index is 12.4. The number of aliphatic hydroxyl groups excluding tert-OH is 2. The predicted molar refractivity (Wildman–Crippen MR) is 327 cm³/mol. The molecule has 4 heterocycles. The largest absolute Gasteiger partial charge is 0.444 e. The monoisotopic (exact) mass is 1460 g/mol. The summed E-state index contributed by atoms with van der Waals surface area (Å²) in [6.07, 6.45) is 2.44. The van der Waals surface area contributed by atoms with Crippen LogP contribution in [-0.4, -0.2) is 169 Å². The first-order valence-electron chi connectivity index (χ1n) is 30.0. The van der Waals surface area contributed by atoms with E-state index in [1.54, 1.807) is 20.8 Å². The van der Waals surface area contributed by atoms with Crippen molar-refractivity contribution in [3.05, 3.63) is 35.9 Å². The van der Waals surface area contributed by atoms with Gasteiger partial charge >= 0.3 is 91.2 Å². The predicted octanol–water partition coefficient (Wildman–Crippen LogP) is 6.28. The zero-order chi connectivity index (χ0) is 66.2. The molecule has 4 aliphatic rings. The van der Waals surface area contributed by atoms with E-state index in [2.05, 4.69) is 83.8 Å². The van der Waals surface area contributed by atoms with Gasteiger partial charge in [-0.3, -0.25) is 19.2 Å². The Balaban J connectivity index is 0.00000115. The average molecular weight is 1460 g/mol. The van der Waals surface area contributed by atoms with Crippen molar-refractivity contribution in [3.63, 3.8) is 0 Å². The van der Waals surface area contributed by atoms with Crippen molar-refractivity contribution in [2.24, 2.45) is 28.7 Å². The topological polar surface area (TPSA) is 349 Å². The number of amides is 9. The summed E-state index contributed by atoms with van der Waals surface area (Å²) in [5, 5.41) is 35.8. The van der Waals surface area contributed by atoms with E-state index >= 15 is 0 Å². The van der Waals surface area contributed by atoms with E-state index in [1.165, 1.54) is 6.11 Å². The van der Waals surface area contributed by atoms with E-state index in [1.807, 2.05) is 85.7 Å². The fraction of sp³-hybridized carbons (Fsp3) is 0.750. The van der Waals surface area contributed by atoms with Crippen LogP contribution in [0.1, 0.15) is 175 Å². The van der Waals surface area contributed by atoms with E-state index in [9.17, 15) is 43.1 Å². The standard InChI is InChI=1S/C22H33N3O5.2C14H26N2O4.C7H14BNO2.C3H5NO2.Ac/c1-15(2)11-17(24-21(28)30-22(3,4)5)14-29-19-12-18(26)25(19)20(27)23-13-16-9-7-6-8-10-16;2*1-9(2)6-10(8-19-12-7-11(17)16-12)15-13(18)20-14(3,4)5;1-6(2)3-7(4-10)9-5-8-11;5-2-1-3(6)4-2;/h6-10,15,17,19H,11-14H2,1-5H3,(H,23,27)(H,24,28);2*9-10,12H,6-8H2,1-5H3,(H,15,18)(H,16,17);5-7,10H,3-4H2,1-2H3;2,5H,1H2,(H,4,6);/t17-,19?;2*10-,12?;7-;;/m0000../s1. The molecule has 4 fully saturated rings. The van der Waals surface area contributed by atoms with E-state index in [4.69, 9.17) is 38.6 Å².